The second-order valence-electron chi connectivity index (χ2n) is 7.70. The van der Waals surface area contributed by atoms with E-state index in [4.69, 9.17) is 9.15 Å². The van der Waals surface area contributed by atoms with Gasteiger partial charge in [-0.25, -0.2) is 9.37 Å². The minimum atomic E-state index is -0.496. The van der Waals surface area contributed by atoms with Crippen molar-refractivity contribution in [1.29, 1.82) is 0 Å². The number of benzene rings is 1. The third-order valence-corrected chi connectivity index (χ3v) is 4.78. The third-order valence-electron chi connectivity index (χ3n) is 4.78. The molecule has 1 atom stereocenters. The number of oxazole rings is 1. The van der Waals surface area contributed by atoms with Crippen LogP contribution in [0.3, 0.4) is 0 Å². The summed E-state index contributed by atoms with van der Waals surface area (Å²) in [5, 5.41) is 12.7. The third kappa shape index (κ3) is 6.88. The average molecular weight is 420 g/mol. The summed E-state index contributed by atoms with van der Waals surface area (Å²) >= 11 is 0. The Morgan fingerprint density at radius 2 is 2.03 bits per heavy atom. The molecule has 2 N–H and O–H groups in total. The van der Waals surface area contributed by atoms with Crippen molar-refractivity contribution in [3.63, 3.8) is 0 Å². The summed E-state index contributed by atoms with van der Waals surface area (Å²) in [6.07, 6.45) is 0.925. The van der Waals surface area contributed by atoms with Crippen molar-refractivity contribution in [2.24, 2.45) is 0 Å². The van der Waals surface area contributed by atoms with Crippen LogP contribution in [0.5, 0.6) is 0 Å². The number of rotatable bonds is 9. The van der Waals surface area contributed by atoms with Crippen LogP contribution in [-0.2, 0) is 11.3 Å². The number of β-amino-alcohol motifs (C(OH)–C–C–N with tert-alkyl or cyclic N) is 1. The fraction of sp³-hybridized carbons (Fsp3) is 0.524. The molecule has 0 saturated carbocycles. The largest absolute Gasteiger partial charge is 0.447 e. The zero-order chi connectivity index (χ0) is 21.5. The summed E-state index contributed by atoms with van der Waals surface area (Å²) in [5.74, 6) is -0.413. The molecule has 0 bridgehead atoms. The summed E-state index contributed by atoms with van der Waals surface area (Å²) < 4.78 is 24.1. The minimum absolute atomic E-state index is 0.109. The van der Waals surface area contributed by atoms with Crippen LogP contribution in [0.2, 0.25) is 0 Å². The Bertz CT molecular complexity index is 821. The lowest BCUT2D eigenvalue weighted by Crippen LogP contribution is -2.48. The number of anilines is 1. The lowest BCUT2D eigenvalue weighted by molar-refractivity contribution is -0.0151. The first kappa shape index (κ1) is 22.4. The van der Waals surface area contributed by atoms with E-state index in [0.717, 1.165) is 26.2 Å². The van der Waals surface area contributed by atoms with E-state index >= 15 is 0 Å². The van der Waals surface area contributed by atoms with E-state index < -0.39 is 17.8 Å². The Labute approximate surface area is 175 Å². The van der Waals surface area contributed by atoms with Crippen LogP contribution < -0.4 is 5.32 Å². The molecule has 164 valence electrons. The van der Waals surface area contributed by atoms with Gasteiger partial charge in [0.2, 0.25) is 5.89 Å². The zero-order valence-corrected chi connectivity index (χ0v) is 17.4. The van der Waals surface area contributed by atoms with Crippen LogP contribution >= 0.6 is 0 Å². The SMILES string of the molecule is CC(C)OCC(O)CN1CCN(Cc2nc(C(=O)Nc3cccc(F)c3)co2)CC1. The molecule has 1 aromatic carbocycles. The predicted molar refractivity (Wildman–Crippen MR) is 110 cm³/mol. The highest BCUT2D eigenvalue weighted by molar-refractivity contribution is 6.02. The second kappa shape index (κ2) is 10.6. The highest BCUT2D eigenvalue weighted by Crippen LogP contribution is 2.13. The summed E-state index contributed by atoms with van der Waals surface area (Å²) in [6.45, 7) is 8.60. The number of aliphatic hydroxyl groups excluding tert-OH is 1. The van der Waals surface area contributed by atoms with Gasteiger partial charge in [-0.3, -0.25) is 14.6 Å². The normalized spacial score (nSPS) is 16.7. The van der Waals surface area contributed by atoms with E-state index in [-0.39, 0.29) is 11.8 Å². The molecular formula is C21H29FN4O4. The van der Waals surface area contributed by atoms with Gasteiger partial charge >= 0.3 is 0 Å². The first-order chi connectivity index (χ1) is 14.4. The van der Waals surface area contributed by atoms with Gasteiger partial charge in [-0.05, 0) is 32.0 Å². The van der Waals surface area contributed by atoms with Gasteiger partial charge in [0.05, 0.1) is 25.4 Å². The van der Waals surface area contributed by atoms with Gasteiger partial charge in [-0.15, -0.1) is 0 Å². The van der Waals surface area contributed by atoms with Crippen molar-refractivity contribution in [3.8, 4) is 0 Å². The summed E-state index contributed by atoms with van der Waals surface area (Å²) in [7, 11) is 0. The van der Waals surface area contributed by atoms with Gasteiger partial charge < -0.3 is 19.6 Å². The number of aliphatic hydroxyl groups is 1. The molecule has 8 nitrogen and oxygen atoms in total. The molecule has 0 spiro atoms. The van der Waals surface area contributed by atoms with E-state index in [1.54, 1.807) is 6.07 Å². The van der Waals surface area contributed by atoms with Crippen LogP contribution in [0, 0.1) is 5.82 Å². The molecule has 1 fully saturated rings. The molecule has 3 rings (SSSR count). The monoisotopic (exact) mass is 420 g/mol. The number of ether oxygens (including phenoxy) is 1. The average Bonchev–Trinajstić information content (AvgIpc) is 3.17. The Morgan fingerprint density at radius 3 is 2.73 bits per heavy atom. The van der Waals surface area contributed by atoms with Crippen molar-refractivity contribution in [3.05, 3.63) is 47.9 Å². The Hall–Kier alpha value is -2.33. The van der Waals surface area contributed by atoms with Gasteiger partial charge in [0.15, 0.2) is 5.69 Å². The lowest BCUT2D eigenvalue weighted by atomic mass is 10.2. The maximum atomic E-state index is 13.2. The second-order valence-corrected chi connectivity index (χ2v) is 7.70. The number of hydrogen-bond acceptors (Lipinski definition) is 7. The number of piperazine rings is 1. The summed E-state index contributed by atoms with van der Waals surface area (Å²) in [4.78, 5) is 20.9. The zero-order valence-electron chi connectivity index (χ0n) is 17.4. The molecule has 1 unspecified atom stereocenters. The van der Waals surface area contributed by atoms with Crippen LogP contribution in [0.15, 0.2) is 34.9 Å². The van der Waals surface area contributed by atoms with Crippen molar-refractivity contribution in [1.82, 2.24) is 14.8 Å². The van der Waals surface area contributed by atoms with Gasteiger partial charge in [0.25, 0.3) is 5.91 Å². The van der Waals surface area contributed by atoms with Crippen molar-refractivity contribution in [2.45, 2.75) is 32.6 Å². The standard InChI is InChI=1S/C21H29FN4O4/c1-15(2)29-13-18(27)11-25-6-8-26(9-7-25)12-20-24-19(14-30-20)21(28)23-17-5-3-4-16(22)10-17/h3-5,10,14-15,18,27H,6-9,11-13H2,1-2H3,(H,23,28). The van der Waals surface area contributed by atoms with Crippen LogP contribution in [0.25, 0.3) is 0 Å². The number of nitrogens with zero attached hydrogens (tertiary/aromatic N) is 3. The summed E-state index contributed by atoms with van der Waals surface area (Å²) in [6, 6.07) is 5.68. The molecule has 1 aliphatic heterocycles. The fourth-order valence-electron chi connectivity index (χ4n) is 3.22. The van der Waals surface area contributed by atoms with E-state index in [2.05, 4.69) is 20.1 Å². The Morgan fingerprint density at radius 1 is 1.30 bits per heavy atom. The van der Waals surface area contributed by atoms with Crippen LogP contribution in [0.4, 0.5) is 10.1 Å². The molecule has 30 heavy (non-hydrogen) atoms. The molecule has 2 aromatic rings. The van der Waals surface area contributed by atoms with E-state index in [9.17, 15) is 14.3 Å². The molecule has 0 aliphatic carbocycles. The number of nitrogens with one attached hydrogen (secondary N) is 1. The number of halogens is 1. The van der Waals surface area contributed by atoms with Crippen LogP contribution in [0.1, 0.15) is 30.2 Å². The van der Waals surface area contributed by atoms with Crippen molar-refractivity contribution >= 4 is 11.6 Å². The molecule has 1 saturated heterocycles. The number of aromatic nitrogens is 1. The van der Waals surface area contributed by atoms with E-state index in [1.807, 2.05) is 13.8 Å². The summed E-state index contributed by atoms with van der Waals surface area (Å²) in [5.41, 5.74) is 0.517. The fourth-order valence-corrected chi connectivity index (χ4v) is 3.22. The minimum Gasteiger partial charge on any atom is -0.447 e. The van der Waals surface area contributed by atoms with Gasteiger partial charge in [0, 0.05) is 38.4 Å². The van der Waals surface area contributed by atoms with Gasteiger partial charge in [0.1, 0.15) is 12.1 Å². The predicted octanol–water partition coefficient (Wildman–Crippen LogP) is 1.97. The smallest absolute Gasteiger partial charge is 0.277 e. The lowest BCUT2D eigenvalue weighted by Gasteiger charge is -2.35. The maximum absolute atomic E-state index is 13.2. The number of amides is 1. The first-order valence-electron chi connectivity index (χ1n) is 10.1. The van der Waals surface area contributed by atoms with Gasteiger partial charge in [-0.2, -0.15) is 0 Å². The molecule has 1 amide bonds. The molecule has 1 aromatic heterocycles. The van der Waals surface area contributed by atoms with Crippen molar-refractivity contribution in [2.75, 3.05) is 44.6 Å². The maximum Gasteiger partial charge on any atom is 0.277 e. The number of carbonyl (C=O) groups is 1. The van der Waals surface area contributed by atoms with E-state index in [0.29, 0.717) is 31.3 Å². The van der Waals surface area contributed by atoms with E-state index in [1.165, 1.54) is 24.5 Å². The highest BCUT2D eigenvalue weighted by Gasteiger charge is 2.21. The van der Waals surface area contributed by atoms with Crippen LogP contribution in [-0.4, -0.2) is 77.3 Å². The molecule has 2 heterocycles. The highest BCUT2D eigenvalue weighted by atomic mass is 19.1. The molecule has 0 radical (unpaired) electrons. The first-order valence-corrected chi connectivity index (χ1v) is 10.1. The topological polar surface area (TPSA) is 91.1 Å². The molecular weight excluding hydrogens is 391 g/mol. The van der Waals surface area contributed by atoms with Gasteiger partial charge in [-0.1, -0.05) is 6.07 Å². The quantitative estimate of drug-likeness (QED) is 0.641. The molecule has 9 heteroatoms. The molecule has 1 aliphatic rings. The Balaban J connectivity index is 1.42. The van der Waals surface area contributed by atoms with Crippen molar-refractivity contribution < 1.29 is 23.4 Å². The Kier molecular flexibility index (Phi) is 7.92. The number of hydrogen-bond donors (Lipinski definition) is 2. The number of carbonyl (C=O) groups excluding carboxylic acids is 1.